The van der Waals surface area contributed by atoms with Crippen LogP contribution in [0.15, 0.2) is 41.8 Å². The fourth-order valence-corrected chi connectivity index (χ4v) is 1.89. The fraction of sp³-hybridized carbons (Fsp3) is 0.267. The summed E-state index contributed by atoms with van der Waals surface area (Å²) >= 11 is 0. The molecular formula is C15H17N3Ni. The molecule has 4 heteroatoms. The van der Waals surface area contributed by atoms with Crippen LogP contribution in [-0.4, -0.2) is 16.2 Å². The Morgan fingerprint density at radius 2 is 1.79 bits per heavy atom. The van der Waals surface area contributed by atoms with Crippen LogP contribution in [0.1, 0.15) is 30.7 Å². The van der Waals surface area contributed by atoms with Crippen molar-refractivity contribution < 1.29 is 16.5 Å². The van der Waals surface area contributed by atoms with Gasteiger partial charge in [0.25, 0.3) is 0 Å². The molecule has 0 aliphatic carbocycles. The molecule has 2 rings (SSSR count). The van der Waals surface area contributed by atoms with Crippen molar-refractivity contribution in [2.75, 3.05) is 0 Å². The molecule has 1 aromatic heterocycles. The normalized spacial score (nSPS) is 10.4. The number of hydrogen-bond donors (Lipinski definition) is 0. The summed E-state index contributed by atoms with van der Waals surface area (Å²) in [6.07, 6.45) is 8.80. The van der Waals surface area contributed by atoms with E-state index in [2.05, 4.69) is 47.0 Å². The van der Waals surface area contributed by atoms with Crippen LogP contribution in [0.25, 0.3) is 0 Å². The van der Waals surface area contributed by atoms with E-state index >= 15 is 0 Å². The number of aryl methyl sites for hydroxylation is 2. The van der Waals surface area contributed by atoms with E-state index in [0.717, 1.165) is 24.2 Å². The summed E-state index contributed by atoms with van der Waals surface area (Å²) < 4.78 is 0. The second kappa shape index (κ2) is 7.80. The number of nitrogens with zero attached hydrogens (tertiary/aromatic N) is 3. The molecule has 0 amide bonds. The molecular weight excluding hydrogens is 281 g/mol. The van der Waals surface area contributed by atoms with Crippen molar-refractivity contribution in [1.29, 1.82) is 0 Å². The molecule has 19 heavy (non-hydrogen) atoms. The Labute approximate surface area is 124 Å². The largest absolute Gasteiger partial charge is 0.261 e. The van der Waals surface area contributed by atoms with Crippen LogP contribution in [0.4, 0.5) is 5.69 Å². The SMILES string of the molecule is CCc1cccc(CC)c1N=Cc1cnccn1.[Ni]. The summed E-state index contributed by atoms with van der Waals surface area (Å²) in [6.45, 7) is 4.30. The first-order chi connectivity index (χ1) is 8.85. The van der Waals surface area contributed by atoms with Gasteiger partial charge >= 0.3 is 0 Å². The van der Waals surface area contributed by atoms with Crippen LogP contribution in [0.2, 0.25) is 0 Å². The third-order valence-corrected chi connectivity index (χ3v) is 2.87. The van der Waals surface area contributed by atoms with Crippen molar-refractivity contribution in [2.45, 2.75) is 26.7 Å². The van der Waals surface area contributed by atoms with Crippen molar-refractivity contribution in [3.05, 3.63) is 53.6 Å². The number of aliphatic imine (C=N–C) groups is 1. The zero-order valence-electron chi connectivity index (χ0n) is 11.1. The smallest absolute Gasteiger partial charge is 0.0995 e. The molecule has 0 spiro atoms. The molecule has 0 fully saturated rings. The number of rotatable bonds is 4. The van der Waals surface area contributed by atoms with Crippen LogP contribution in [-0.2, 0) is 29.3 Å². The van der Waals surface area contributed by atoms with Crippen molar-refractivity contribution >= 4 is 11.9 Å². The van der Waals surface area contributed by atoms with Crippen LogP contribution >= 0.6 is 0 Å². The standard InChI is InChI=1S/C15H17N3.Ni/c1-3-12-6-5-7-13(4-2)15(12)18-11-14-10-16-8-9-17-14;/h5-11H,3-4H2,1-2H3;. The van der Waals surface area contributed by atoms with Crippen molar-refractivity contribution in [1.82, 2.24) is 9.97 Å². The zero-order chi connectivity index (χ0) is 12.8. The Morgan fingerprint density at radius 1 is 1.11 bits per heavy atom. The summed E-state index contributed by atoms with van der Waals surface area (Å²) in [4.78, 5) is 12.8. The minimum absolute atomic E-state index is 0. The number of hydrogen-bond acceptors (Lipinski definition) is 3. The van der Waals surface area contributed by atoms with E-state index in [9.17, 15) is 0 Å². The Hall–Kier alpha value is -1.54. The van der Waals surface area contributed by atoms with E-state index < -0.39 is 0 Å². The first kappa shape index (κ1) is 15.5. The summed E-state index contributed by atoms with van der Waals surface area (Å²) in [5.41, 5.74) is 4.41. The Balaban J connectivity index is 0.00000180. The van der Waals surface area contributed by atoms with E-state index in [-0.39, 0.29) is 16.5 Å². The van der Waals surface area contributed by atoms with Crippen molar-refractivity contribution in [3.63, 3.8) is 0 Å². The van der Waals surface area contributed by atoms with Crippen molar-refractivity contribution in [3.8, 4) is 0 Å². The number of benzene rings is 1. The number of aromatic nitrogens is 2. The first-order valence-electron chi connectivity index (χ1n) is 6.26. The van der Waals surface area contributed by atoms with Gasteiger partial charge in [-0.05, 0) is 24.0 Å². The summed E-state index contributed by atoms with van der Waals surface area (Å²) in [5.74, 6) is 0. The molecule has 0 radical (unpaired) electrons. The predicted molar refractivity (Wildman–Crippen MR) is 74.5 cm³/mol. The minimum atomic E-state index is 0. The van der Waals surface area contributed by atoms with Gasteiger partial charge in [0.15, 0.2) is 0 Å². The topological polar surface area (TPSA) is 38.1 Å². The Bertz CT molecular complexity index is 516. The van der Waals surface area contributed by atoms with Gasteiger partial charge in [-0.15, -0.1) is 0 Å². The maximum atomic E-state index is 4.59. The monoisotopic (exact) mass is 297 g/mol. The first-order valence-corrected chi connectivity index (χ1v) is 6.26. The average molecular weight is 298 g/mol. The summed E-state index contributed by atoms with van der Waals surface area (Å²) in [7, 11) is 0. The molecule has 1 heterocycles. The third-order valence-electron chi connectivity index (χ3n) is 2.87. The molecule has 1 aromatic carbocycles. The van der Waals surface area contributed by atoms with E-state index in [1.807, 2.05) is 0 Å². The predicted octanol–water partition coefficient (Wildman–Crippen LogP) is 3.35. The quantitative estimate of drug-likeness (QED) is 0.641. The van der Waals surface area contributed by atoms with Crippen molar-refractivity contribution in [2.24, 2.45) is 4.99 Å². The Morgan fingerprint density at radius 3 is 2.32 bits per heavy atom. The van der Waals surface area contributed by atoms with Gasteiger partial charge < -0.3 is 0 Å². The molecule has 0 saturated heterocycles. The third kappa shape index (κ3) is 3.97. The van der Waals surface area contributed by atoms with Gasteiger partial charge in [0.2, 0.25) is 0 Å². The Kier molecular flexibility index (Phi) is 6.37. The molecule has 0 aliphatic rings. The second-order valence-corrected chi connectivity index (χ2v) is 4.02. The van der Waals surface area contributed by atoms with Crippen LogP contribution in [0, 0.1) is 0 Å². The zero-order valence-corrected chi connectivity index (χ0v) is 12.1. The fourth-order valence-electron chi connectivity index (χ4n) is 1.89. The molecule has 0 N–H and O–H groups in total. The van der Waals surface area contributed by atoms with Gasteiger partial charge in [0.1, 0.15) is 0 Å². The van der Waals surface area contributed by atoms with Gasteiger partial charge in [-0.2, -0.15) is 0 Å². The van der Waals surface area contributed by atoms with Crippen LogP contribution in [0.5, 0.6) is 0 Å². The van der Waals surface area contributed by atoms with Crippen LogP contribution in [0.3, 0.4) is 0 Å². The van der Waals surface area contributed by atoms with Gasteiger partial charge in [-0.3, -0.25) is 15.0 Å². The van der Waals surface area contributed by atoms with E-state index in [1.165, 1.54) is 11.1 Å². The van der Waals surface area contributed by atoms with E-state index in [0.29, 0.717) is 0 Å². The number of para-hydroxylation sites is 1. The second-order valence-electron chi connectivity index (χ2n) is 4.02. The van der Waals surface area contributed by atoms with E-state index in [1.54, 1.807) is 24.8 Å². The van der Waals surface area contributed by atoms with Gasteiger partial charge in [-0.1, -0.05) is 32.0 Å². The van der Waals surface area contributed by atoms with Gasteiger partial charge in [-0.25, -0.2) is 0 Å². The van der Waals surface area contributed by atoms with E-state index in [4.69, 9.17) is 0 Å². The summed E-state index contributed by atoms with van der Waals surface area (Å²) in [5, 5.41) is 0. The molecule has 0 atom stereocenters. The molecule has 102 valence electrons. The molecule has 0 unspecified atom stereocenters. The van der Waals surface area contributed by atoms with Gasteiger partial charge in [0, 0.05) is 28.9 Å². The molecule has 0 saturated carbocycles. The van der Waals surface area contributed by atoms with Crippen LogP contribution < -0.4 is 0 Å². The molecule has 3 nitrogen and oxygen atoms in total. The molecule has 0 aliphatic heterocycles. The maximum absolute atomic E-state index is 4.59. The molecule has 0 bridgehead atoms. The van der Waals surface area contributed by atoms with Gasteiger partial charge in [0.05, 0.1) is 23.8 Å². The molecule has 2 aromatic rings. The maximum Gasteiger partial charge on any atom is 0.0995 e. The minimum Gasteiger partial charge on any atom is -0.261 e. The summed E-state index contributed by atoms with van der Waals surface area (Å²) in [6, 6.07) is 6.35. The average Bonchev–Trinajstić information content (AvgIpc) is 2.45.